The first-order chi connectivity index (χ1) is 15.1. The van der Waals surface area contributed by atoms with Crippen molar-refractivity contribution in [3.8, 4) is 17.1 Å². The first-order valence-corrected chi connectivity index (χ1v) is 11.4. The number of benzene rings is 2. The zero-order valence-electron chi connectivity index (χ0n) is 18.1. The van der Waals surface area contributed by atoms with E-state index < -0.39 is 0 Å². The second kappa shape index (κ2) is 10.1. The number of aliphatic hydroxyl groups excluding tert-OH is 1. The number of piperidine rings is 1. The molecule has 1 fully saturated rings. The summed E-state index contributed by atoms with van der Waals surface area (Å²) in [5.41, 5.74) is 1.36. The van der Waals surface area contributed by atoms with E-state index in [2.05, 4.69) is 11.8 Å². The highest BCUT2D eigenvalue weighted by atomic mass is 16.5. The zero-order valence-corrected chi connectivity index (χ0v) is 18.1. The van der Waals surface area contributed by atoms with E-state index >= 15 is 0 Å². The Balaban J connectivity index is 1.57. The molecule has 0 aliphatic carbocycles. The molecule has 0 radical (unpaired) electrons. The van der Waals surface area contributed by atoms with Gasteiger partial charge in [-0.15, -0.1) is 0 Å². The molecule has 1 atom stereocenters. The molecular weight excluding hydrogens is 390 g/mol. The number of unbranched alkanes of at least 4 members (excludes halogenated alkanes) is 2. The molecule has 0 spiro atoms. The van der Waals surface area contributed by atoms with Crippen molar-refractivity contribution in [3.05, 3.63) is 64.8 Å². The highest BCUT2D eigenvalue weighted by Gasteiger charge is 2.25. The second-order valence-corrected chi connectivity index (χ2v) is 8.33. The number of aliphatic hydroxyl groups is 1. The quantitative estimate of drug-likeness (QED) is 0.507. The summed E-state index contributed by atoms with van der Waals surface area (Å²) in [6, 6.07) is 16.7. The molecule has 31 heavy (non-hydrogen) atoms. The lowest BCUT2D eigenvalue weighted by Crippen LogP contribution is -2.45. The Morgan fingerprint density at radius 1 is 1.10 bits per heavy atom. The predicted octanol–water partition coefficient (Wildman–Crippen LogP) is 5.20. The standard InChI is InChI=1S/C26H31NO4/c1-2-3-5-10-26(27-15-13-20(28)14-16-27)30-21-11-12-24-22(17-21)23(29)18-25(31-24)19-8-6-4-7-9-19/h4,6-9,11-12,17-18,20,26,28H,2-3,5,10,13-16H2,1H3. The van der Waals surface area contributed by atoms with E-state index in [0.717, 1.165) is 50.8 Å². The molecule has 1 N–H and O–H groups in total. The van der Waals surface area contributed by atoms with Crippen molar-refractivity contribution < 1.29 is 14.3 Å². The Kier molecular flexibility index (Phi) is 7.05. The van der Waals surface area contributed by atoms with E-state index in [1.165, 1.54) is 6.42 Å². The molecule has 0 amide bonds. The molecular formula is C26H31NO4. The third kappa shape index (κ3) is 5.35. The van der Waals surface area contributed by atoms with Crippen molar-refractivity contribution in [3.63, 3.8) is 0 Å². The van der Waals surface area contributed by atoms with E-state index in [1.54, 1.807) is 12.1 Å². The largest absolute Gasteiger partial charge is 0.475 e. The van der Waals surface area contributed by atoms with Crippen LogP contribution >= 0.6 is 0 Å². The lowest BCUT2D eigenvalue weighted by Gasteiger charge is -2.36. The monoisotopic (exact) mass is 421 g/mol. The Hall–Kier alpha value is -2.63. The van der Waals surface area contributed by atoms with Crippen molar-refractivity contribution in [1.82, 2.24) is 4.90 Å². The van der Waals surface area contributed by atoms with Gasteiger partial charge in [0, 0.05) is 24.7 Å². The van der Waals surface area contributed by atoms with E-state index in [1.807, 2.05) is 42.5 Å². The Labute approximate surface area is 183 Å². The molecule has 1 aromatic heterocycles. The summed E-state index contributed by atoms with van der Waals surface area (Å²) >= 11 is 0. The molecule has 3 aromatic rings. The fourth-order valence-electron chi connectivity index (χ4n) is 4.17. The van der Waals surface area contributed by atoms with E-state index in [-0.39, 0.29) is 17.8 Å². The normalized spacial score (nSPS) is 16.5. The average molecular weight is 422 g/mol. The topological polar surface area (TPSA) is 62.9 Å². The summed E-state index contributed by atoms with van der Waals surface area (Å²) in [5, 5.41) is 10.4. The number of likely N-dealkylation sites (tertiary alicyclic amines) is 1. The fourth-order valence-corrected chi connectivity index (χ4v) is 4.17. The Morgan fingerprint density at radius 2 is 1.87 bits per heavy atom. The minimum atomic E-state index is -0.211. The van der Waals surface area contributed by atoms with Gasteiger partial charge in [0.2, 0.25) is 0 Å². The fraction of sp³-hybridized carbons (Fsp3) is 0.423. The van der Waals surface area contributed by atoms with Gasteiger partial charge >= 0.3 is 0 Å². The summed E-state index contributed by atoms with van der Waals surface area (Å²) < 4.78 is 12.4. The van der Waals surface area contributed by atoms with Crippen LogP contribution in [-0.2, 0) is 0 Å². The van der Waals surface area contributed by atoms with Crippen LogP contribution in [0.1, 0.15) is 45.4 Å². The van der Waals surface area contributed by atoms with Gasteiger partial charge in [-0.3, -0.25) is 9.69 Å². The van der Waals surface area contributed by atoms with Gasteiger partial charge in [0.05, 0.1) is 11.5 Å². The van der Waals surface area contributed by atoms with Gasteiger partial charge < -0.3 is 14.3 Å². The van der Waals surface area contributed by atoms with Crippen LogP contribution < -0.4 is 10.2 Å². The maximum absolute atomic E-state index is 12.8. The van der Waals surface area contributed by atoms with Crippen LogP contribution in [0.25, 0.3) is 22.3 Å². The summed E-state index contributed by atoms with van der Waals surface area (Å²) in [6.07, 6.45) is 5.64. The van der Waals surface area contributed by atoms with Gasteiger partial charge in [-0.05, 0) is 43.9 Å². The minimum absolute atomic E-state index is 0.0490. The number of nitrogens with zero attached hydrogens (tertiary/aromatic N) is 1. The first-order valence-electron chi connectivity index (χ1n) is 11.4. The molecule has 2 heterocycles. The molecule has 164 valence electrons. The molecule has 5 nitrogen and oxygen atoms in total. The molecule has 2 aromatic carbocycles. The van der Waals surface area contributed by atoms with Gasteiger partial charge in [0.25, 0.3) is 0 Å². The van der Waals surface area contributed by atoms with E-state index in [9.17, 15) is 9.90 Å². The summed E-state index contributed by atoms with van der Waals surface area (Å²) in [5.74, 6) is 1.25. The Morgan fingerprint density at radius 3 is 2.61 bits per heavy atom. The van der Waals surface area contributed by atoms with Crippen LogP contribution in [-0.4, -0.2) is 35.4 Å². The molecule has 1 saturated heterocycles. The van der Waals surface area contributed by atoms with Crippen molar-refractivity contribution in [1.29, 1.82) is 0 Å². The number of hydrogen-bond acceptors (Lipinski definition) is 5. The SMILES string of the molecule is CCCCCC(Oc1ccc2oc(-c3ccccc3)cc(=O)c2c1)N1CCC(O)CC1. The maximum atomic E-state index is 12.8. The van der Waals surface area contributed by atoms with Crippen molar-refractivity contribution in [2.75, 3.05) is 13.1 Å². The van der Waals surface area contributed by atoms with Crippen LogP contribution in [0.15, 0.2) is 63.8 Å². The molecule has 1 unspecified atom stereocenters. The number of ether oxygens (including phenoxy) is 1. The van der Waals surface area contributed by atoms with Crippen LogP contribution in [0.4, 0.5) is 0 Å². The molecule has 1 aliphatic rings. The summed E-state index contributed by atoms with van der Waals surface area (Å²) in [6.45, 7) is 3.85. The number of rotatable bonds is 8. The van der Waals surface area contributed by atoms with Crippen LogP contribution in [0.2, 0.25) is 0 Å². The molecule has 0 saturated carbocycles. The van der Waals surface area contributed by atoms with E-state index in [0.29, 0.717) is 22.5 Å². The third-order valence-corrected chi connectivity index (χ3v) is 5.99. The highest BCUT2D eigenvalue weighted by Crippen LogP contribution is 2.27. The molecule has 4 rings (SSSR count). The van der Waals surface area contributed by atoms with Gasteiger partial charge in [-0.25, -0.2) is 0 Å². The van der Waals surface area contributed by atoms with Crippen molar-refractivity contribution in [2.45, 2.75) is 57.8 Å². The smallest absolute Gasteiger partial charge is 0.193 e. The lowest BCUT2D eigenvalue weighted by molar-refractivity contribution is -0.0223. The van der Waals surface area contributed by atoms with Gasteiger partial charge in [-0.2, -0.15) is 0 Å². The first kappa shape index (κ1) is 21.6. The summed E-state index contributed by atoms with van der Waals surface area (Å²) in [7, 11) is 0. The summed E-state index contributed by atoms with van der Waals surface area (Å²) in [4.78, 5) is 15.1. The molecule has 1 aliphatic heterocycles. The zero-order chi connectivity index (χ0) is 21.6. The highest BCUT2D eigenvalue weighted by molar-refractivity contribution is 5.80. The minimum Gasteiger partial charge on any atom is -0.475 e. The van der Waals surface area contributed by atoms with Crippen molar-refractivity contribution in [2.24, 2.45) is 0 Å². The van der Waals surface area contributed by atoms with Gasteiger partial charge in [0.1, 0.15) is 17.1 Å². The van der Waals surface area contributed by atoms with Gasteiger partial charge in [0.15, 0.2) is 11.7 Å². The van der Waals surface area contributed by atoms with Crippen molar-refractivity contribution >= 4 is 11.0 Å². The molecule has 0 bridgehead atoms. The van der Waals surface area contributed by atoms with Crippen LogP contribution in [0.5, 0.6) is 5.75 Å². The number of hydrogen-bond donors (Lipinski definition) is 1. The Bertz CT molecular complexity index is 1040. The van der Waals surface area contributed by atoms with E-state index in [4.69, 9.17) is 9.15 Å². The van der Waals surface area contributed by atoms with Crippen LogP contribution in [0, 0.1) is 0 Å². The molecule has 5 heteroatoms. The average Bonchev–Trinajstić information content (AvgIpc) is 2.80. The number of fused-ring (bicyclic) bond motifs is 1. The van der Waals surface area contributed by atoms with Crippen LogP contribution in [0.3, 0.4) is 0 Å². The maximum Gasteiger partial charge on any atom is 0.193 e. The second-order valence-electron chi connectivity index (χ2n) is 8.33. The lowest BCUT2D eigenvalue weighted by atomic mass is 10.1. The third-order valence-electron chi connectivity index (χ3n) is 5.99. The predicted molar refractivity (Wildman–Crippen MR) is 123 cm³/mol. The van der Waals surface area contributed by atoms with Gasteiger partial charge in [-0.1, -0.05) is 50.1 Å².